The first-order chi connectivity index (χ1) is 16.0. The Morgan fingerprint density at radius 2 is 1.58 bits per heavy atom. The Morgan fingerprint density at radius 1 is 0.939 bits per heavy atom. The largest absolute Gasteiger partial charge is 0.497 e. The van der Waals surface area contributed by atoms with Gasteiger partial charge in [0.1, 0.15) is 11.5 Å². The van der Waals surface area contributed by atoms with Gasteiger partial charge >= 0.3 is 6.09 Å². The second-order valence-corrected chi connectivity index (χ2v) is 7.77. The van der Waals surface area contributed by atoms with Crippen LogP contribution in [0, 0.1) is 0 Å². The summed E-state index contributed by atoms with van der Waals surface area (Å²) in [7, 11) is 3.14. The van der Waals surface area contributed by atoms with Crippen molar-refractivity contribution in [2.75, 3.05) is 21.0 Å². The lowest BCUT2D eigenvalue weighted by Gasteiger charge is -2.35. The molecular formula is C25H23NO7. The summed E-state index contributed by atoms with van der Waals surface area (Å²) in [5, 5.41) is 12.1. The lowest BCUT2D eigenvalue weighted by Crippen LogP contribution is -2.45. The third-order valence-electron chi connectivity index (χ3n) is 5.93. The Kier molecular flexibility index (Phi) is 5.22. The number of methoxy groups -OCH3 is 2. The van der Waals surface area contributed by atoms with Gasteiger partial charge in [0.25, 0.3) is 0 Å². The van der Waals surface area contributed by atoms with Gasteiger partial charge in [-0.2, -0.15) is 0 Å². The first kappa shape index (κ1) is 21.0. The van der Waals surface area contributed by atoms with E-state index in [0.29, 0.717) is 34.1 Å². The summed E-state index contributed by atoms with van der Waals surface area (Å²) in [6.07, 6.45) is -1.59. The van der Waals surface area contributed by atoms with Crippen LogP contribution in [0.4, 0.5) is 4.79 Å². The maximum Gasteiger partial charge on any atom is 0.413 e. The summed E-state index contributed by atoms with van der Waals surface area (Å²) in [5.74, 6) is 2.54. The van der Waals surface area contributed by atoms with Crippen molar-refractivity contribution >= 4 is 6.09 Å². The molecule has 2 aliphatic rings. The van der Waals surface area contributed by atoms with Crippen molar-refractivity contribution in [3.63, 3.8) is 0 Å². The molecule has 0 spiro atoms. The lowest BCUT2D eigenvalue weighted by atomic mass is 9.90. The highest BCUT2D eigenvalue weighted by atomic mass is 16.7. The molecule has 0 unspecified atom stereocenters. The van der Waals surface area contributed by atoms with Crippen molar-refractivity contribution in [3.05, 3.63) is 83.4 Å². The van der Waals surface area contributed by atoms with Gasteiger partial charge in [-0.25, -0.2) is 4.79 Å². The van der Waals surface area contributed by atoms with Crippen LogP contribution in [-0.4, -0.2) is 37.1 Å². The molecule has 33 heavy (non-hydrogen) atoms. The van der Waals surface area contributed by atoms with Gasteiger partial charge in [0, 0.05) is 5.56 Å². The first-order valence-corrected chi connectivity index (χ1v) is 10.4. The highest BCUT2D eigenvalue weighted by Gasteiger charge is 2.56. The van der Waals surface area contributed by atoms with Crippen LogP contribution in [0.3, 0.4) is 0 Å². The van der Waals surface area contributed by atoms with Gasteiger partial charge in [-0.1, -0.05) is 30.3 Å². The molecular weight excluding hydrogens is 426 g/mol. The van der Waals surface area contributed by atoms with Crippen LogP contribution >= 0.6 is 0 Å². The van der Waals surface area contributed by atoms with E-state index in [-0.39, 0.29) is 13.3 Å². The van der Waals surface area contributed by atoms with Crippen LogP contribution < -0.4 is 18.9 Å². The van der Waals surface area contributed by atoms with E-state index in [1.165, 1.54) is 4.90 Å². The minimum atomic E-state index is -1.77. The van der Waals surface area contributed by atoms with E-state index >= 15 is 0 Å². The molecule has 1 fully saturated rings. The standard InChI is InChI=1S/C25H23NO7/c1-29-19-8-4-17(5-9-19)23-25(28,18-6-10-20(30-2)11-7-18)26(24(27)33-23)14-16-3-12-21-22(13-16)32-15-31-21/h3-13,23,28H,14-15H2,1-2H3/t23-,25+/m1/s1. The third-order valence-corrected chi connectivity index (χ3v) is 5.93. The Morgan fingerprint density at radius 3 is 2.24 bits per heavy atom. The molecule has 8 nitrogen and oxygen atoms in total. The van der Waals surface area contributed by atoms with Crippen LogP contribution in [0.15, 0.2) is 66.7 Å². The van der Waals surface area contributed by atoms with E-state index in [1.54, 1.807) is 74.9 Å². The normalized spacial score (nSPS) is 21.1. The molecule has 1 amide bonds. The third kappa shape index (κ3) is 3.58. The molecule has 0 bridgehead atoms. The van der Waals surface area contributed by atoms with Crippen LogP contribution in [0.5, 0.6) is 23.0 Å². The van der Waals surface area contributed by atoms with Gasteiger partial charge in [0.05, 0.1) is 20.8 Å². The van der Waals surface area contributed by atoms with E-state index in [2.05, 4.69) is 0 Å². The molecule has 3 aromatic rings. The van der Waals surface area contributed by atoms with Crippen molar-refractivity contribution in [3.8, 4) is 23.0 Å². The molecule has 0 aliphatic carbocycles. The van der Waals surface area contributed by atoms with Gasteiger partial charge in [-0.3, -0.25) is 4.90 Å². The Balaban J connectivity index is 1.56. The Hall–Kier alpha value is -3.91. The summed E-state index contributed by atoms with van der Waals surface area (Å²) >= 11 is 0. The maximum atomic E-state index is 13.1. The second kappa shape index (κ2) is 8.22. The minimum Gasteiger partial charge on any atom is -0.497 e. The molecule has 3 aromatic carbocycles. The van der Waals surface area contributed by atoms with Gasteiger partial charge in [-0.05, 0) is 47.5 Å². The van der Waals surface area contributed by atoms with Crippen molar-refractivity contribution in [1.29, 1.82) is 0 Å². The van der Waals surface area contributed by atoms with Crippen LogP contribution in [-0.2, 0) is 17.0 Å². The lowest BCUT2D eigenvalue weighted by molar-refractivity contribution is -0.113. The van der Waals surface area contributed by atoms with Gasteiger partial charge in [-0.15, -0.1) is 0 Å². The number of fused-ring (bicyclic) bond motifs is 1. The molecule has 0 radical (unpaired) electrons. The molecule has 0 aromatic heterocycles. The summed E-state index contributed by atoms with van der Waals surface area (Å²) in [4.78, 5) is 14.4. The predicted octanol–water partition coefficient (Wildman–Crippen LogP) is 3.97. The summed E-state index contributed by atoms with van der Waals surface area (Å²) < 4.78 is 27.1. The zero-order chi connectivity index (χ0) is 23.0. The molecule has 1 N–H and O–H groups in total. The summed E-state index contributed by atoms with van der Waals surface area (Å²) in [6.45, 7) is 0.254. The fraction of sp³-hybridized carbons (Fsp3) is 0.240. The topological polar surface area (TPSA) is 86.7 Å². The van der Waals surface area contributed by atoms with Gasteiger partial charge in [0.15, 0.2) is 17.6 Å². The highest BCUT2D eigenvalue weighted by Crippen LogP contribution is 2.48. The molecule has 8 heteroatoms. The maximum absolute atomic E-state index is 13.1. The number of ether oxygens (including phenoxy) is 5. The predicted molar refractivity (Wildman–Crippen MR) is 117 cm³/mol. The fourth-order valence-electron chi connectivity index (χ4n) is 4.16. The van der Waals surface area contributed by atoms with Crippen molar-refractivity contribution in [1.82, 2.24) is 4.90 Å². The van der Waals surface area contributed by atoms with E-state index in [0.717, 1.165) is 5.56 Å². The molecule has 2 atom stereocenters. The van der Waals surface area contributed by atoms with Crippen LogP contribution in [0.25, 0.3) is 0 Å². The average Bonchev–Trinajstić information content (AvgIpc) is 3.42. The van der Waals surface area contributed by atoms with Gasteiger partial charge in [0.2, 0.25) is 12.5 Å². The minimum absolute atomic E-state index is 0.102. The first-order valence-electron chi connectivity index (χ1n) is 10.4. The van der Waals surface area contributed by atoms with E-state index in [4.69, 9.17) is 23.7 Å². The van der Waals surface area contributed by atoms with Crippen molar-refractivity contribution < 1.29 is 33.6 Å². The number of carbonyl (C=O) groups is 1. The zero-order valence-electron chi connectivity index (χ0n) is 18.2. The number of benzene rings is 3. The molecule has 2 aliphatic heterocycles. The highest BCUT2D eigenvalue weighted by molar-refractivity contribution is 5.72. The fourth-order valence-corrected chi connectivity index (χ4v) is 4.16. The van der Waals surface area contributed by atoms with Crippen molar-refractivity contribution in [2.45, 2.75) is 18.4 Å². The molecule has 1 saturated heterocycles. The number of cyclic esters (lactones) is 1. The number of rotatable bonds is 6. The quantitative estimate of drug-likeness (QED) is 0.609. The number of aliphatic hydroxyl groups is 1. The number of amides is 1. The second-order valence-electron chi connectivity index (χ2n) is 7.77. The molecule has 0 saturated carbocycles. The molecule has 5 rings (SSSR count). The SMILES string of the molecule is COc1ccc([C@H]2OC(=O)N(Cc3ccc4c(c3)OCO4)[C@]2(O)c2ccc(OC)cc2)cc1. The molecule has 170 valence electrons. The number of carbonyl (C=O) groups excluding carboxylic acids is 1. The van der Waals surface area contributed by atoms with Crippen molar-refractivity contribution in [2.24, 2.45) is 0 Å². The average molecular weight is 449 g/mol. The number of hydrogen-bond donors (Lipinski definition) is 1. The molecule has 2 heterocycles. The zero-order valence-corrected chi connectivity index (χ0v) is 18.2. The van der Waals surface area contributed by atoms with E-state index in [1.807, 2.05) is 6.07 Å². The summed E-state index contributed by atoms with van der Waals surface area (Å²) in [6, 6.07) is 19.4. The monoisotopic (exact) mass is 449 g/mol. The number of nitrogens with zero attached hydrogens (tertiary/aromatic N) is 1. The smallest absolute Gasteiger partial charge is 0.413 e. The summed E-state index contributed by atoms with van der Waals surface area (Å²) in [5.41, 5.74) is 0.124. The van der Waals surface area contributed by atoms with Crippen LogP contribution in [0.1, 0.15) is 22.8 Å². The Labute approximate surface area is 190 Å². The number of hydrogen-bond acceptors (Lipinski definition) is 7. The van der Waals surface area contributed by atoms with E-state index < -0.39 is 17.9 Å². The Bertz CT molecular complexity index is 1160. The van der Waals surface area contributed by atoms with Gasteiger partial charge < -0.3 is 28.8 Å². The van der Waals surface area contributed by atoms with E-state index in [9.17, 15) is 9.90 Å². The van der Waals surface area contributed by atoms with Crippen LogP contribution in [0.2, 0.25) is 0 Å².